The molecule has 7 heteroatoms. The summed E-state index contributed by atoms with van der Waals surface area (Å²) in [6, 6.07) is 18.5. The molecule has 0 spiro atoms. The van der Waals surface area contributed by atoms with E-state index in [4.69, 9.17) is 4.42 Å². The molecule has 1 unspecified atom stereocenters. The number of benzene rings is 2. The van der Waals surface area contributed by atoms with Crippen LogP contribution in [0, 0.1) is 0 Å². The SMILES string of the molecule is CCC(=O)Nc1ccc(C(C)NC(=O)c2ccc(-c3nc4ccccc4s3)o2)cc1. The molecule has 2 amide bonds. The van der Waals surface area contributed by atoms with E-state index < -0.39 is 0 Å². The van der Waals surface area contributed by atoms with Crippen molar-refractivity contribution >= 4 is 39.1 Å². The number of carbonyl (C=O) groups excluding carboxylic acids is 2. The van der Waals surface area contributed by atoms with Gasteiger partial charge >= 0.3 is 0 Å². The van der Waals surface area contributed by atoms with Crippen LogP contribution in [0.5, 0.6) is 0 Å². The molecule has 30 heavy (non-hydrogen) atoms. The summed E-state index contributed by atoms with van der Waals surface area (Å²) in [7, 11) is 0. The number of nitrogens with one attached hydrogen (secondary N) is 2. The quantitative estimate of drug-likeness (QED) is 0.438. The fourth-order valence-corrected chi connectivity index (χ4v) is 3.94. The summed E-state index contributed by atoms with van der Waals surface area (Å²) >= 11 is 1.53. The molecule has 2 aromatic carbocycles. The predicted molar refractivity (Wildman–Crippen MR) is 119 cm³/mol. The highest BCUT2D eigenvalue weighted by molar-refractivity contribution is 7.21. The zero-order valence-corrected chi connectivity index (χ0v) is 17.5. The molecule has 1 atom stereocenters. The van der Waals surface area contributed by atoms with Crippen molar-refractivity contribution in [3.8, 4) is 10.8 Å². The van der Waals surface area contributed by atoms with E-state index in [9.17, 15) is 9.59 Å². The van der Waals surface area contributed by atoms with E-state index in [0.717, 1.165) is 26.5 Å². The van der Waals surface area contributed by atoms with Crippen molar-refractivity contribution in [2.75, 3.05) is 5.32 Å². The Kier molecular flexibility index (Phi) is 5.63. The Morgan fingerprint density at radius 3 is 2.57 bits per heavy atom. The van der Waals surface area contributed by atoms with Gasteiger partial charge in [0, 0.05) is 12.1 Å². The number of aromatic nitrogens is 1. The highest BCUT2D eigenvalue weighted by atomic mass is 32.1. The smallest absolute Gasteiger partial charge is 0.287 e. The van der Waals surface area contributed by atoms with E-state index in [1.165, 1.54) is 11.3 Å². The molecule has 152 valence electrons. The minimum Gasteiger partial charge on any atom is -0.448 e. The fourth-order valence-electron chi connectivity index (χ4n) is 3.01. The molecular formula is C23H21N3O3S. The number of hydrogen-bond donors (Lipinski definition) is 2. The molecule has 0 radical (unpaired) electrons. The summed E-state index contributed by atoms with van der Waals surface area (Å²) in [5.41, 5.74) is 2.57. The van der Waals surface area contributed by atoms with Crippen molar-refractivity contribution in [3.63, 3.8) is 0 Å². The van der Waals surface area contributed by atoms with Gasteiger partial charge in [-0.1, -0.05) is 31.2 Å². The predicted octanol–water partition coefficient (Wildman–Crippen LogP) is 5.40. The maximum Gasteiger partial charge on any atom is 0.287 e. The van der Waals surface area contributed by atoms with Gasteiger partial charge < -0.3 is 15.1 Å². The highest BCUT2D eigenvalue weighted by Gasteiger charge is 2.17. The van der Waals surface area contributed by atoms with E-state index in [2.05, 4.69) is 15.6 Å². The van der Waals surface area contributed by atoms with E-state index >= 15 is 0 Å². The van der Waals surface area contributed by atoms with Gasteiger partial charge in [-0.15, -0.1) is 11.3 Å². The fraction of sp³-hybridized carbons (Fsp3) is 0.174. The summed E-state index contributed by atoms with van der Waals surface area (Å²) in [6.07, 6.45) is 0.427. The second-order valence-corrected chi connectivity index (χ2v) is 7.90. The minimum absolute atomic E-state index is 0.0362. The van der Waals surface area contributed by atoms with Crippen LogP contribution in [0.15, 0.2) is 65.1 Å². The summed E-state index contributed by atoms with van der Waals surface area (Å²) in [4.78, 5) is 28.7. The summed E-state index contributed by atoms with van der Waals surface area (Å²) in [5.74, 6) is 0.483. The van der Waals surface area contributed by atoms with Gasteiger partial charge in [-0.3, -0.25) is 9.59 Å². The van der Waals surface area contributed by atoms with Crippen molar-refractivity contribution in [1.29, 1.82) is 0 Å². The van der Waals surface area contributed by atoms with Gasteiger partial charge in [0.15, 0.2) is 16.5 Å². The summed E-state index contributed by atoms with van der Waals surface area (Å²) < 4.78 is 6.83. The molecule has 0 aliphatic heterocycles. The lowest BCUT2D eigenvalue weighted by atomic mass is 10.1. The first kappa shape index (κ1) is 19.8. The molecule has 0 aliphatic rings. The molecule has 4 aromatic rings. The number of nitrogens with zero attached hydrogens (tertiary/aromatic N) is 1. The van der Waals surface area contributed by atoms with E-state index in [0.29, 0.717) is 12.2 Å². The van der Waals surface area contributed by atoms with Crippen molar-refractivity contribution < 1.29 is 14.0 Å². The van der Waals surface area contributed by atoms with E-state index in [1.807, 2.05) is 55.5 Å². The lowest BCUT2D eigenvalue weighted by Crippen LogP contribution is -2.26. The van der Waals surface area contributed by atoms with Crippen LogP contribution in [-0.2, 0) is 4.79 Å². The standard InChI is InChI=1S/C23H21N3O3S/c1-3-21(27)25-16-10-8-15(9-11-16)14(2)24-22(28)18-12-13-19(29-18)23-26-17-6-4-5-7-20(17)30-23/h4-14H,3H2,1-2H3,(H,24,28)(H,25,27). The number of carbonyl (C=O) groups is 2. The summed E-state index contributed by atoms with van der Waals surface area (Å²) in [5, 5.41) is 6.49. The number of para-hydroxylation sites is 1. The van der Waals surface area contributed by atoms with E-state index in [1.54, 1.807) is 19.1 Å². The van der Waals surface area contributed by atoms with Gasteiger partial charge in [0.05, 0.1) is 16.3 Å². The van der Waals surface area contributed by atoms with Gasteiger partial charge in [0.2, 0.25) is 5.91 Å². The van der Waals surface area contributed by atoms with Crippen LogP contribution in [-0.4, -0.2) is 16.8 Å². The van der Waals surface area contributed by atoms with E-state index in [-0.39, 0.29) is 23.6 Å². The molecule has 6 nitrogen and oxygen atoms in total. The Hall–Kier alpha value is -3.45. The van der Waals surface area contributed by atoms with Gasteiger partial charge in [-0.25, -0.2) is 4.98 Å². The lowest BCUT2D eigenvalue weighted by Gasteiger charge is -2.14. The maximum absolute atomic E-state index is 12.6. The number of hydrogen-bond acceptors (Lipinski definition) is 5. The van der Waals surface area contributed by atoms with Crippen molar-refractivity contribution in [2.24, 2.45) is 0 Å². The first-order chi connectivity index (χ1) is 14.5. The third kappa shape index (κ3) is 4.26. The molecule has 0 fully saturated rings. The zero-order valence-electron chi connectivity index (χ0n) is 16.6. The first-order valence-corrected chi connectivity index (χ1v) is 10.5. The van der Waals surface area contributed by atoms with Crippen LogP contribution >= 0.6 is 11.3 Å². The molecule has 0 saturated carbocycles. The number of amides is 2. The zero-order chi connectivity index (χ0) is 21.1. The van der Waals surface area contributed by atoms with Gasteiger partial charge in [0.25, 0.3) is 5.91 Å². The van der Waals surface area contributed by atoms with Crippen LogP contribution in [0.3, 0.4) is 0 Å². The highest BCUT2D eigenvalue weighted by Crippen LogP contribution is 2.31. The number of thiazole rings is 1. The average Bonchev–Trinajstić information content (AvgIpc) is 3.41. The number of anilines is 1. The third-order valence-electron chi connectivity index (χ3n) is 4.70. The minimum atomic E-state index is -0.293. The largest absolute Gasteiger partial charge is 0.448 e. The van der Waals surface area contributed by atoms with Gasteiger partial charge in [0.1, 0.15) is 0 Å². The van der Waals surface area contributed by atoms with Crippen LogP contribution in [0.4, 0.5) is 5.69 Å². The van der Waals surface area contributed by atoms with Crippen LogP contribution in [0.2, 0.25) is 0 Å². The normalized spacial score (nSPS) is 11.9. The molecule has 0 bridgehead atoms. The van der Waals surface area contributed by atoms with Crippen molar-refractivity contribution in [2.45, 2.75) is 26.3 Å². The number of fused-ring (bicyclic) bond motifs is 1. The maximum atomic E-state index is 12.6. The molecular weight excluding hydrogens is 398 g/mol. The average molecular weight is 420 g/mol. The number of furan rings is 1. The Bertz CT molecular complexity index is 1160. The van der Waals surface area contributed by atoms with Gasteiger partial charge in [-0.2, -0.15) is 0 Å². The third-order valence-corrected chi connectivity index (χ3v) is 5.75. The van der Waals surface area contributed by atoms with Gasteiger partial charge in [-0.05, 0) is 48.9 Å². The molecule has 4 rings (SSSR count). The van der Waals surface area contributed by atoms with Crippen molar-refractivity contribution in [1.82, 2.24) is 10.3 Å². The Balaban J connectivity index is 1.43. The second kappa shape index (κ2) is 8.51. The molecule has 0 saturated heterocycles. The molecule has 0 aliphatic carbocycles. The number of rotatable bonds is 6. The monoisotopic (exact) mass is 419 g/mol. The Labute approximate surface area is 177 Å². The van der Waals surface area contributed by atoms with Crippen molar-refractivity contribution in [3.05, 3.63) is 72.0 Å². The first-order valence-electron chi connectivity index (χ1n) is 9.70. The molecule has 2 aromatic heterocycles. The topological polar surface area (TPSA) is 84.2 Å². The molecule has 2 N–H and O–H groups in total. The van der Waals surface area contributed by atoms with Crippen LogP contribution in [0.1, 0.15) is 42.4 Å². The second-order valence-electron chi connectivity index (χ2n) is 6.87. The molecule has 2 heterocycles. The van der Waals surface area contributed by atoms with Crippen LogP contribution < -0.4 is 10.6 Å². The summed E-state index contributed by atoms with van der Waals surface area (Å²) in [6.45, 7) is 3.70. The Morgan fingerprint density at radius 2 is 1.83 bits per heavy atom. The lowest BCUT2D eigenvalue weighted by molar-refractivity contribution is -0.115. The van der Waals surface area contributed by atoms with Crippen LogP contribution in [0.25, 0.3) is 21.0 Å². The Morgan fingerprint density at radius 1 is 1.07 bits per heavy atom.